The Morgan fingerprint density at radius 2 is 1.68 bits per heavy atom. The topological polar surface area (TPSA) is 57.5 Å². The van der Waals surface area contributed by atoms with Crippen molar-refractivity contribution in [3.8, 4) is 5.75 Å². The molecule has 1 aliphatic carbocycles. The van der Waals surface area contributed by atoms with E-state index in [0.29, 0.717) is 12.2 Å². The maximum atomic E-state index is 13.5. The second kappa shape index (κ2) is 8.76. The number of aromatic hydroxyl groups is 1. The minimum atomic E-state index is -0.766. The Bertz CT molecular complexity index is 855. The standard InChI is InChI=1S/C24H29FO3/c1-15-19-8-6-9-20(19)16(2)24(28)23(15)21(7-4-3-5-10-22(26)27)17-11-13-18(25)14-12-17/h11-14,21,28H,3-10H2,1-2H3,(H,26,27)/t21-/m1/s1. The summed E-state index contributed by atoms with van der Waals surface area (Å²) in [5.41, 5.74) is 6.75. The van der Waals surface area contributed by atoms with Crippen LogP contribution >= 0.6 is 0 Å². The predicted molar refractivity (Wildman–Crippen MR) is 109 cm³/mol. The fourth-order valence-electron chi connectivity index (χ4n) is 4.66. The normalized spacial score (nSPS) is 14.1. The molecule has 2 N–H and O–H groups in total. The number of phenols is 1. The maximum Gasteiger partial charge on any atom is 0.303 e. The Morgan fingerprint density at radius 3 is 2.32 bits per heavy atom. The summed E-state index contributed by atoms with van der Waals surface area (Å²) in [4.78, 5) is 10.7. The molecular weight excluding hydrogens is 355 g/mol. The molecule has 3 nitrogen and oxygen atoms in total. The first-order chi connectivity index (χ1) is 13.4. The van der Waals surface area contributed by atoms with Gasteiger partial charge in [0.25, 0.3) is 0 Å². The van der Waals surface area contributed by atoms with Gasteiger partial charge in [-0.2, -0.15) is 0 Å². The van der Waals surface area contributed by atoms with Gasteiger partial charge in [0, 0.05) is 17.9 Å². The second-order valence-corrected chi connectivity index (χ2v) is 7.92. The zero-order valence-electron chi connectivity index (χ0n) is 16.7. The maximum absolute atomic E-state index is 13.5. The van der Waals surface area contributed by atoms with Crippen LogP contribution in [0.4, 0.5) is 4.39 Å². The van der Waals surface area contributed by atoms with Crippen molar-refractivity contribution in [2.45, 2.75) is 71.1 Å². The molecule has 2 aromatic rings. The average molecular weight is 384 g/mol. The monoisotopic (exact) mass is 384 g/mol. The van der Waals surface area contributed by atoms with Crippen molar-refractivity contribution in [2.24, 2.45) is 0 Å². The molecule has 0 spiro atoms. The molecule has 0 aromatic heterocycles. The van der Waals surface area contributed by atoms with Crippen LogP contribution in [0.25, 0.3) is 0 Å². The molecule has 0 radical (unpaired) electrons. The van der Waals surface area contributed by atoms with Crippen LogP contribution in [-0.2, 0) is 17.6 Å². The number of hydrogen-bond donors (Lipinski definition) is 2. The lowest BCUT2D eigenvalue weighted by Gasteiger charge is -2.25. The van der Waals surface area contributed by atoms with E-state index in [1.165, 1.54) is 23.3 Å². The number of rotatable bonds is 8. The zero-order chi connectivity index (χ0) is 20.3. The van der Waals surface area contributed by atoms with Crippen molar-refractivity contribution in [3.63, 3.8) is 0 Å². The minimum Gasteiger partial charge on any atom is -0.507 e. The van der Waals surface area contributed by atoms with Crippen molar-refractivity contribution in [1.82, 2.24) is 0 Å². The molecule has 4 heteroatoms. The largest absolute Gasteiger partial charge is 0.507 e. The number of fused-ring (bicyclic) bond motifs is 1. The molecule has 3 rings (SSSR count). The quantitative estimate of drug-likeness (QED) is 0.565. The van der Waals surface area contributed by atoms with Crippen molar-refractivity contribution in [1.29, 1.82) is 0 Å². The summed E-state index contributed by atoms with van der Waals surface area (Å²) >= 11 is 0. The third kappa shape index (κ3) is 4.21. The van der Waals surface area contributed by atoms with Crippen molar-refractivity contribution < 1.29 is 19.4 Å². The number of carbonyl (C=O) groups is 1. The number of carboxylic acids is 1. The van der Waals surface area contributed by atoms with Gasteiger partial charge in [-0.25, -0.2) is 4.39 Å². The molecule has 0 unspecified atom stereocenters. The summed E-state index contributed by atoms with van der Waals surface area (Å²) in [6.45, 7) is 4.09. The van der Waals surface area contributed by atoms with Gasteiger partial charge in [-0.05, 0) is 85.9 Å². The molecule has 0 heterocycles. The number of carboxylic acid groups (broad SMARTS) is 1. The van der Waals surface area contributed by atoms with Gasteiger partial charge in [-0.1, -0.05) is 25.0 Å². The molecule has 0 aliphatic heterocycles. The van der Waals surface area contributed by atoms with Crippen LogP contribution in [0.15, 0.2) is 24.3 Å². The summed E-state index contributed by atoms with van der Waals surface area (Å²) in [7, 11) is 0. The Balaban J connectivity index is 1.94. The highest BCUT2D eigenvalue weighted by Gasteiger charge is 2.27. The molecule has 0 bridgehead atoms. The number of phenolic OH excluding ortho intramolecular Hbond substituents is 1. The van der Waals surface area contributed by atoms with E-state index in [9.17, 15) is 14.3 Å². The molecule has 0 amide bonds. The number of halogens is 1. The van der Waals surface area contributed by atoms with Crippen LogP contribution < -0.4 is 0 Å². The second-order valence-electron chi connectivity index (χ2n) is 7.92. The average Bonchev–Trinajstić information content (AvgIpc) is 3.15. The van der Waals surface area contributed by atoms with E-state index in [2.05, 4.69) is 6.92 Å². The van der Waals surface area contributed by atoms with Gasteiger partial charge in [0.1, 0.15) is 11.6 Å². The lowest BCUT2D eigenvalue weighted by molar-refractivity contribution is -0.137. The minimum absolute atomic E-state index is 0.0185. The van der Waals surface area contributed by atoms with Gasteiger partial charge in [0.05, 0.1) is 0 Å². The molecule has 0 fully saturated rings. The van der Waals surface area contributed by atoms with Gasteiger partial charge in [0.2, 0.25) is 0 Å². The van der Waals surface area contributed by atoms with E-state index >= 15 is 0 Å². The summed E-state index contributed by atoms with van der Waals surface area (Å²) in [6, 6.07) is 6.55. The van der Waals surface area contributed by atoms with Crippen LogP contribution in [-0.4, -0.2) is 16.2 Å². The van der Waals surface area contributed by atoms with Crippen LogP contribution in [0.5, 0.6) is 5.75 Å². The smallest absolute Gasteiger partial charge is 0.303 e. The van der Waals surface area contributed by atoms with E-state index < -0.39 is 5.97 Å². The third-order valence-electron chi connectivity index (χ3n) is 6.14. The Morgan fingerprint density at radius 1 is 1.04 bits per heavy atom. The van der Waals surface area contributed by atoms with Crippen LogP contribution in [0.2, 0.25) is 0 Å². The Hall–Kier alpha value is -2.36. The predicted octanol–water partition coefficient (Wildman–Crippen LogP) is 5.80. The van der Waals surface area contributed by atoms with Gasteiger partial charge < -0.3 is 10.2 Å². The van der Waals surface area contributed by atoms with Crippen LogP contribution in [0, 0.1) is 19.7 Å². The first-order valence-electron chi connectivity index (χ1n) is 10.2. The molecule has 0 saturated heterocycles. The van der Waals surface area contributed by atoms with Gasteiger partial charge in [-0.15, -0.1) is 0 Å². The highest BCUT2D eigenvalue weighted by atomic mass is 19.1. The molecular formula is C24H29FO3. The lowest BCUT2D eigenvalue weighted by Crippen LogP contribution is -2.08. The summed E-state index contributed by atoms with van der Waals surface area (Å²) < 4.78 is 13.5. The number of unbranched alkanes of at least 4 members (excludes halogenated alkanes) is 2. The van der Waals surface area contributed by atoms with Crippen molar-refractivity contribution in [2.75, 3.05) is 0 Å². The Labute approximate surface area is 166 Å². The lowest BCUT2D eigenvalue weighted by atomic mass is 9.80. The number of hydrogen-bond acceptors (Lipinski definition) is 2. The van der Waals surface area contributed by atoms with Crippen molar-refractivity contribution >= 4 is 5.97 Å². The van der Waals surface area contributed by atoms with Gasteiger partial charge in [0.15, 0.2) is 0 Å². The molecule has 150 valence electrons. The molecule has 1 atom stereocenters. The Kier molecular flexibility index (Phi) is 6.38. The zero-order valence-corrected chi connectivity index (χ0v) is 16.7. The number of benzene rings is 2. The highest BCUT2D eigenvalue weighted by Crippen LogP contribution is 2.44. The van der Waals surface area contributed by atoms with Crippen LogP contribution in [0.1, 0.15) is 77.8 Å². The van der Waals surface area contributed by atoms with Gasteiger partial charge >= 0.3 is 5.97 Å². The first-order valence-corrected chi connectivity index (χ1v) is 10.2. The summed E-state index contributed by atoms with van der Waals surface area (Å²) in [5, 5.41) is 19.9. The number of aliphatic carboxylic acids is 1. The fraction of sp³-hybridized carbons (Fsp3) is 0.458. The van der Waals surface area contributed by atoms with E-state index in [4.69, 9.17) is 5.11 Å². The molecule has 2 aromatic carbocycles. The molecule has 0 saturated carbocycles. The van der Waals surface area contributed by atoms with Crippen LogP contribution in [0.3, 0.4) is 0 Å². The van der Waals surface area contributed by atoms with E-state index in [-0.39, 0.29) is 18.2 Å². The first kappa shape index (κ1) is 20.4. The molecule has 28 heavy (non-hydrogen) atoms. The van der Waals surface area contributed by atoms with E-state index in [0.717, 1.165) is 60.8 Å². The molecule has 1 aliphatic rings. The SMILES string of the molecule is Cc1c(O)c([C@H](CCCCCC(=O)O)c2ccc(F)cc2)c(C)c2c1CCC2. The van der Waals surface area contributed by atoms with E-state index in [1.54, 1.807) is 12.1 Å². The third-order valence-corrected chi connectivity index (χ3v) is 6.14. The van der Waals surface area contributed by atoms with Crippen molar-refractivity contribution in [3.05, 3.63) is 63.5 Å². The van der Waals surface area contributed by atoms with E-state index in [1.807, 2.05) is 6.92 Å². The van der Waals surface area contributed by atoms with Gasteiger partial charge in [-0.3, -0.25) is 4.79 Å². The summed E-state index contributed by atoms with van der Waals surface area (Å²) in [5.74, 6) is -0.680. The summed E-state index contributed by atoms with van der Waals surface area (Å²) in [6.07, 6.45) is 6.52. The highest BCUT2D eigenvalue weighted by molar-refractivity contribution is 5.66. The fourth-order valence-corrected chi connectivity index (χ4v) is 4.66.